The Morgan fingerprint density at radius 2 is 2.29 bits per heavy atom. The average Bonchev–Trinajstić information content (AvgIpc) is 3.56. The van der Waals surface area contributed by atoms with Crippen molar-refractivity contribution in [1.82, 2.24) is 15.6 Å². The summed E-state index contributed by atoms with van der Waals surface area (Å²) >= 11 is 2.88. The molecule has 8 nitrogen and oxygen atoms in total. The Kier molecular flexibility index (Phi) is 7.21. The van der Waals surface area contributed by atoms with Crippen molar-refractivity contribution in [3.05, 3.63) is 18.2 Å². The molecule has 2 aromatic rings. The molecule has 0 radical (unpaired) electrons. The van der Waals surface area contributed by atoms with Crippen LogP contribution in [0.4, 0.5) is 5.69 Å². The van der Waals surface area contributed by atoms with E-state index in [1.54, 1.807) is 6.07 Å². The van der Waals surface area contributed by atoms with Crippen molar-refractivity contribution < 1.29 is 19.1 Å². The van der Waals surface area contributed by atoms with Gasteiger partial charge >= 0.3 is 0 Å². The molecule has 3 N–H and O–H groups in total. The van der Waals surface area contributed by atoms with Crippen LogP contribution in [0.2, 0.25) is 0 Å². The third-order valence-electron chi connectivity index (χ3n) is 5.74. The largest absolute Gasteiger partial charge is 0.373 e. The summed E-state index contributed by atoms with van der Waals surface area (Å²) in [6.45, 7) is 0.389. The monoisotopic (exact) mass is 462 g/mol. The Morgan fingerprint density at radius 3 is 2.90 bits per heavy atom. The standard InChI is InChI=1S/C14H13N3O3S2.C7H13NO/c18-3-4-21-14-17-10-2-1-9(6-11(10)22-14)16-13(20)8-5-12(19)15-7-8;1-8-6-4-5-2-3-7(6)9-5/h1-3,6,8H,4-5,7H2,(H,15,19)(H,16,20);5-8H,2-4H2,1H3. The number of ether oxygens (including phenoxy) is 1. The summed E-state index contributed by atoms with van der Waals surface area (Å²) in [5, 5.41) is 8.75. The van der Waals surface area contributed by atoms with Gasteiger partial charge in [0.05, 0.1) is 34.1 Å². The second-order valence-electron chi connectivity index (χ2n) is 7.84. The average molecular weight is 463 g/mol. The smallest absolute Gasteiger partial charge is 0.229 e. The van der Waals surface area contributed by atoms with Crippen LogP contribution in [0, 0.1) is 5.92 Å². The first-order valence-electron chi connectivity index (χ1n) is 10.4. The van der Waals surface area contributed by atoms with Gasteiger partial charge in [0.1, 0.15) is 6.29 Å². The van der Waals surface area contributed by atoms with Crippen molar-refractivity contribution in [3.63, 3.8) is 0 Å². The topological polar surface area (TPSA) is 109 Å². The molecule has 3 aliphatic rings. The number of nitrogens with zero attached hydrogens (tertiary/aromatic N) is 1. The number of fused-ring (bicyclic) bond motifs is 3. The highest BCUT2D eigenvalue weighted by Gasteiger charge is 2.39. The van der Waals surface area contributed by atoms with Gasteiger partial charge in [0.2, 0.25) is 11.8 Å². The maximum Gasteiger partial charge on any atom is 0.229 e. The van der Waals surface area contributed by atoms with Crippen LogP contribution in [0.15, 0.2) is 22.5 Å². The van der Waals surface area contributed by atoms with Gasteiger partial charge in [-0.15, -0.1) is 11.3 Å². The molecule has 31 heavy (non-hydrogen) atoms. The van der Waals surface area contributed by atoms with Crippen molar-refractivity contribution in [2.75, 3.05) is 24.7 Å². The zero-order valence-electron chi connectivity index (χ0n) is 17.3. The van der Waals surface area contributed by atoms with Gasteiger partial charge in [-0.1, -0.05) is 11.8 Å². The number of aldehydes is 1. The summed E-state index contributed by atoms with van der Waals surface area (Å²) < 4.78 is 7.39. The van der Waals surface area contributed by atoms with Gasteiger partial charge in [-0.05, 0) is 44.5 Å². The highest BCUT2D eigenvalue weighted by molar-refractivity contribution is 8.01. The van der Waals surface area contributed by atoms with Crippen LogP contribution < -0.4 is 16.0 Å². The summed E-state index contributed by atoms with van der Waals surface area (Å²) in [5.74, 6) is -0.178. The van der Waals surface area contributed by atoms with Gasteiger partial charge < -0.3 is 25.5 Å². The number of likely N-dealkylation sites (N-methyl/N-ethyl adjacent to an activating group) is 1. The first kappa shape index (κ1) is 22.2. The van der Waals surface area contributed by atoms with Gasteiger partial charge in [0.15, 0.2) is 4.34 Å². The SMILES string of the molecule is CNC1CC2CCC1O2.O=CCSc1nc2ccc(NC(=O)C3CNC(=O)C3)cc2s1. The third-order valence-corrected chi connectivity index (χ3v) is 7.79. The fourth-order valence-corrected chi connectivity index (χ4v) is 5.94. The van der Waals surface area contributed by atoms with E-state index in [1.807, 2.05) is 19.2 Å². The maximum atomic E-state index is 12.1. The Balaban J connectivity index is 0.000000212. The van der Waals surface area contributed by atoms with E-state index in [0.717, 1.165) is 20.8 Å². The van der Waals surface area contributed by atoms with Crippen LogP contribution in [0.25, 0.3) is 10.2 Å². The van der Waals surface area contributed by atoms with Crippen LogP contribution in [-0.4, -0.2) is 60.7 Å². The molecule has 166 valence electrons. The normalized spacial score (nSPS) is 26.4. The Bertz CT molecular complexity index is 966. The molecule has 4 heterocycles. The van der Waals surface area contributed by atoms with Gasteiger partial charge in [0.25, 0.3) is 0 Å². The molecule has 3 fully saturated rings. The maximum absolute atomic E-state index is 12.1. The number of anilines is 1. The molecular weight excluding hydrogens is 436 g/mol. The van der Waals surface area contributed by atoms with Crippen LogP contribution in [-0.2, 0) is 19.1 Å². The van der Waals surface area contributed by atoms with Crippen LogP contribution in [0.5, 0.6) is 0 Å². The third kappa shape index (κ3) is 5.43. The Hall–Kier alpha value is -2.01. The molecule has 5 rings (SSSR count). The van der Waals surface area contributed by atoms with E-state index in [-0.39, 0.29) is 24.2 Å². The predicted molar refractivity (Wildman–Crippen MR) is 122 cm³/mol. The van der Waals surface area contributed by atoms with E-state index in [1.165, 1.54) is 42.4 Å². The van der Waals surface area contributed by atoms with Crippen molar-refractivity contribution >= 4 is 57.1 Å². The first-order chi connectivity index (χ1) is 15.1. The molecule has 4 atom stereocenters. The lowest BCUT2D eigenvalue weighted by atomic mass is 9.96. The van der Waals surface area contributed by atoms with E-state index in [4.69, 9.17) is 4.74 Å². The molecule has 0 aliphatic carbocycles. The number of rotatable bonds is 6. The lowest BCUT2D eigenvalue weighted by Gasteiger charge is -2.16. The molecule has 2 amide bonds. The zero-order chi connectivity index (χ0) is 21.8. The van der Waals surface area contributed by atoms with Gasteiger partial charge in [-0.25, -0.2) is 4.98 Å². The van der Waals surface area contributed by atoms with Gasteiger partial charge in [-0.2, -0.15) is 0 Å². The number of nitrogens with one attached hydrogen (secondary N) is 3. The lowest BCUT2D eigenvalue weighted by molar-refractivity contribution is -0.123. The van der Waals surface area contributed by atoms with E-state index < -0.39 is 0 Å². The molecule has 1 aromatic carbocycles. The fraction of sp³-hybridized carbons (Fsp3) is 0.524. The second kappa shape index (κ2) is 10.1. The fourth-order valence-electron chi connectivity index (χ4n) is 4.12. The number of aromatic nitrogens is 1. The molecule has 0 saturated carbocycles. The van der Waals surface area contributed by atoms with Gasteiger partial charge in [-0.3, -0.25) is 9.59 Å². The van der Waals surface area contributed by atoms with Crippen molar-refractivity contribution in [3.8, 4) is 0 Å². The highest BCUT2D eigenvalue weighted by atomic mass is 32.2. The number of carbonyl (C=O) groups excluding carboxylic acids is 3. The van der Waals surface area contributed by atoms with Crippen molar-refractivity contribution in [2.24, 2.45) is 5.92 Å². The van der Waals surface area contributed by atoms with Crippen molar-refractivity contribution in [1.29, 1.82) is 0 Å². The minimum absolute atomic E-state index is 0.0881. The van der Waals surface area contributed by atoms with Crippen LogP contribution in [0.3, 0.4) is 0 Å². The van der Waals surface area contributed by atoms with Crippen LogP contribution in [0.1, 0.15) is 25.7 Å². The quantitative estimate of drug-likeness (QED) is 0.446. The molecule has 0 spiro atoms. The number of hydrogen-bond donors (Lipinski definition) is 3. The molecular formula is C21H26N4O4S2. The Morgan fingerprint density at radius 1 is 1.42 bits per heavy atom. The molecule has 3 saturated heterocycles. The minimum atomic E-state index is -0.316. The van der Waals surface area contributed by atoms with Gasteiger partial charge in [0, 0.05) is 24.7 Å². The van der Waals surface area contributed by atoms with E-state index in [0.29, 0.717) is 36.2 Å². The highest BCUT2D eigenvalue weighted by Crippen LogP contribution is 2.34. The molecule has 2 bridgehead atoms. The molecule has 10 heteroatoms. The predicted octanol–water partition coefficient (Wildman–Crippen LogP) is 2.19. The molecule has 4 unspecified atom stereocenters. The summed E-state index contributed by atoms with van der Waals surface area (Å²) in [7, 11) is 2.02. The number of thiazole rings is 1. The van der Waals surface area contributed by atoms with Crippen molar-refractivity contribution in [2.45, 2.75) is 48.3 Å². The summed E-state index contributed by atoms with van der Waals surface area (Å²) in [4.78, 5) is 38.0. The number of amides is 2. The second-order valence-corrected chi connectivity index (χ2v) is 10.1. The minimum Gasteiger partial charge on any atom is -0.373 e. The lowest BCUT2D eigenvalue weighted by Crippen LogP contribution is -2.34. The summed E-state index contributed by atoms with van der Waals surface area (Å²) in [6, 6.07) is 6.15. The molecule has 1 aromatic heterocycles. The summed E-state index contributed by atoms with van der Waals surface area (Å²) in [5.41, 5.74) is 1.53. The van der Waals surface area contributed by atoms with E-state index >= 15 is 0 Å². The first-order valence-corrected chi connectivity index (χ1v) is 12.2. The van der Waals surface area contributed by atoms with E-state index in [9.17, 15) is 14.4 Å². The summed E-state index contributed by atoms with van der Waals surface area (Å²) in [6.07, 6.45) is 6.02. The number of carbonyl (C=O) groups is 3. The number of benzene rings is 1. The number of hydrogen-bond acceptors (Lipinski definition) is 8. The Labute approximate surface area is 188 Å². The zero-order valence-corrected chi connectivity index (χ0v) is 18.9. The van der Waals surface area contributed by atoms with E-state index in [2.05, 4.69) is 20.9 Å². The molecule has 3 aliphatic heterocycles. The number of thioether (sulfide) groups is 1. The van der Waals surface area contributed by atoms with Crippen LogP contribution >= 0.6 is 23.1 Å².